The second-order valence-corrected chi connectivity index (χ2v) is 14.0. The molecular formula is C26H35Cl2O3PS. The van der Waals surface area contributed by atoms with E-state index in [2.05, 4.69) is 57.8 Å². The van der Waals surface area contributed by atoms with E-state index in [0.29, 0.717) is 0 Å². The summed E-state index contributed by atoms with van der Waals surface area (Å²) in [6.07, 6.45) is 14.2. The monoisotopic (exact) mass is 528 g/mol. The van der Waals surface area contributed by atoms with Crippen LogP contribution in [0.25, 0.3) is 11.1 Å². The molecule has 0 radical (unpaired) electrons. The van der Waals surface area contributed by atoms with Crippen LogP contribution in [-0.2, 0) is 9.60 Å². The molecule has 182 valence electrons. The van der Waals surface area contributed by atoms with Crippen molar-refractivity contribution >= 4 is 44.2 Å². The van der Waals surface area contributed by atoms with Gasteiger partial charge in [-0.15, -0.1) is 0 Å². The second-order valence-electron chi connectivity index (χ2n) is 8.73. The molecule has 0 aromatic heterocycles. The van der Waals surface area contributed by atoms with Crippen LogP contribution in [0.3, 0.4) is 0 Å². The Morgan fingerprint density at radius 3 is 1.67 bits per heavy atom. The Hall–Kier alpha value is -0.640. The normalized spacial score (nSPS) is 17.5. The van der Waals surface area contributed by atoms with Crippen LogP contribution in [0.5, 0.6) is 11.5 Å². The fraction of sp³-hybridized carbons (Fsp3) is 0.538. The highest BCUT2D eigenvalue weighted by atomic mass is 36.0. The molecule has 0 aliphatic heterocycles. The first-order valence-electron chi connectivity index (χ1n) is 11.9. The Morgan fingerprint density at radius 2 is 1.21 bits per heavy atom. The topological polar surface area (TPSA) is 41.5 Å². The molecule has 0 bridgehead atoms. The van der Waals surface area contributed by atoms with Crippen molar-refractivity contribution in [2.45, 2.75) is 75.5 Å². The molecule has 2 aromatic rings. The molecular weight excluding hydrogens is 494 g/mol. The van der Waals surface area contributed by atoms with E-state index >= 15 is 0 Å². The van der Waals surface area contributed by atoms with E-state index in [0.717, 1.165) is 28.4 Å². The van der Waals surface area contributed by atoms with Gasteiger partial charge >= 0.3 is 0 Å². The Kier molecular flexibility index (Phi) is 11.5. The Labute approximate surface area is 212 Å². The molecule has 4 rings (SSSR count). The van der Waals surface area contributed by atoms with Gasteiger partial charge in [-0.3, -0.25) is 0 Å². The van der Waals surface area contributed by atoms with Gasteiger partial charge in [0.05, 0.1) is 19.8 Å². The van der Waals surface area contributed by atoms with Crippen molar-refractivity contribution in [3.63, 3.8) is 0 Å². The van der Waals surface area contributed by atoms with E-state index in [4.69, 9.17) is 14.0 Å². The van der Waals surface area contributed by atoms with Gasteiger partial charge in [-0.25, -0.2) is 0 Å². The van der Waals surface area contributed by atoms with Crippen LogP contribution in [0.15, 0.2) is 42.5 Å². The summed E-state index contributed by atoms with van der Waals surface area (Å²) in [5, 5.41) is 1.59. The molecule has 7 heteroatoms. The smallest absolute Gasteiger partial charge is 0.198 e. The molecule has 3 nitrogen and oxygen atoms in total. The summed E-state index contributed by atoms with van der Waals surface area (Å²) in [6, 6.07) is 15.3. The molecule has 2 aliphatic rings. The van der Waals surface area contributed by atoms with Gasteiger partial charge in [0.1, 0.15) is 11.5 Å². The molecule has 0 saturated heterocycles. The lowest BCUT2D eigenvalue weighted by Crippen LogP contribution is -2.27. The third kappa shape index (κ3) is 7.42. The second kappa shape index (κ2) is 14.0. The van der Waals surface area contributed by atoms with Gasteiger partial charge in [0.25, 0.3) is 0 Å². The van der Waals surface area contributed by atoms with E-state index in [1.807, 2.05) is 6.07 Å². The van der Waals surface area contributed by atoms with Crippen molar-refractivity contribution in [2.75, 3.05) is 14.2 Å². The summed E-state index contributed by atoms with van der Waals surface area (Å²) in [5.74, 6) is 1.83. The zero-order valence-corrected chi connectivity index (χ0v) is 22.8. The summed E-state index contributed by atoms with van der Waals surface area (Å²) >= 11 is 0. The van der Waals surface area contributed by atoms with Crippen molar-refractivity contribution < 1.29 is 14.0 Å². The number of ether oxygens (including phenoxy) is 2. The van der Waals surface area contributed by atoms with Crippen molar-refractivity contribution in [1.82, 2.24) is 0 Å². The molecule has 0 atom stereocenters. The number of benzene rings is 2. The van der Waals surface area contributed by atoms with Crippen molar-refractivity contribution in [3.8, 4) is 22.6 Å². The van der Waals surface area contributed by atoms with Gasteiger partial charge in [-0.2, -0.15) is 0 Å². The first-order chi connectivity index (χ1) is 16.1. The quantitative estimate of drug-likeness (QED) is 0.280. The van der Waals surface area contributed by atoms with Gasteiger partial charge in [-0.1, -0.05) is 76.8 Å². The van der Waals surface area contributed by atoms with E-state index in [1.54, 1.807) is 19.5 Å². The third-order valence-electron chi connectivity index (χ3n) is 6.82. The molecule has 2 fully saturated rings. The third-order valence-corrected chi connectivity index (χ3v) is 10.4. The average Bonchev–Trinajstić information content (AvgIpc) is 2.85. The minimum absolute atomic E-state index is 0.182. The highest BCUT2D eigenvalue weighted by Crippen LogP contribution is 2.57. The van der Waals surface area contributed by atoms with Crippen molar-refractivity contribution in [1.29, 1.82) is 0 Å². The average molecular weight is 530 g/mol. The molecule has 0 spiro atoms. The SMILES string of the molecule is COc1cccc(OC)c1-c1ccccc1P(C1CCCCC1)C1CCCCC1.[O-][S+](Cl)Cl. The number of hydrogen-bond acceptors (Lipinski definition) is 3. The van der Waals surface area contributed by atoms with Crippen molar-refractivity contribution in [2.24, 2.45) is 0 Å². The summed E-state index contributed by atoms with van der Waals surface area (Å²) in [6.45, 7) is 0. The number of methoxy groups -OCH3 is 2. The maximum absolute atomic E-state index is 9.09. The summed E-state index contributed by atoms with van der Waals surface area (Å²) < 4.78 is 20.7. The van der Waals surface area contributed by atoms with Gasteiger partial charge in [0.2, 0.25) is 0 Å². The predicted molar refractivity (Wildman–Crippen MR) is 145 cm³/mol. The molecule has 2 aliphatic carbocycles. The predicted octanol–water partition coefficient (Wildman–Crippen LogP) is 8.19. The molecule has 0 unspecified atom stereocenters. The molecule has 0 N–H and O–H groups in total. The van der Waals surface area contributed by atoms with Crippen LogP contribution in [0.2, 0.25) is 0 Å². The van der Waals surface area contributed by atoms with Gasteiger partial charge in [0.15, 0.2) is 31.0 Å². The van der Waals surface area contributed by atoms with Crippen LogP contribution in [0.1, 0.15) is 64.2 Å². The lowest BCUT2D eigenvalue weighted by Gasteiger charge is -2.39. The van der Waals surface area contributed by atoms with Gasteiger partial charge in [-0.05, 0) is 60.0 Å². The lowest BCUT2D eigenvalue weighted by molar-refractivity contribution is 0.397. The lowest BCUT2D eigenvalue weighted by atomic mass is 9.99. The Morgan fingerprint density at radius 1 is 0.758 bits per heavy atom. The minimum atomic E-state index is -1.67. The van der Waals surface area contributed by atoms with E-state index in [9.17, 15) is 0 Å². The first-order valence-corrected chi connectivity index (χ1v) is 16.2. The Bertz CT molecular complexity index is 812. The Balaban J connectivity index is 0.000000709. The zero-order chi connectivity index (χ0) is 23.6. The van der Waals surface area contributed by atoms with Gasteiger partial charge < -0.3 is 14.0 Å². The minimum Gasteiger partial charge on any atom is -0.582 e. The van der Waals surface area contributed by atoms with E-state index in [-0.39, 0.29) is 7.92 Å². The molecule has 0 heterocycles. The molecule has 33 heavy (non-hydrogen) atoms. The molecule has 2 aromatic carbocycles. The summed E-state index contributed by atoms with van der Waals surface area (Å²) in [4.78, 5) is 0. The van der Waals surface area contributed by atoms with E-state index < -0.39 is 9.60 Å². The first kappa shape index (κ1) is 27.0. The van der Waals surface area contributed by atoms with Gasteiger partial charge in [0, 0.05) is 0 Å². The largest absolute Gasteiger partial charge is 0.582 e. The van der Waals surface area contributed by atoms with Crippen LogP contribution < -0.4 is 14.8 Å². The summed E-state index contributed by atoms with van der Waals surface area (Å²) in [5.41, 5.74) is 4.23. The number of halogens is 2. The van der Waals surface area contributed by atoms with Crippen LogP contribution >= 0.6 is 29.3 Å². The fourth-order valence-electron chi connectivity index (χ4n) is 5.44. The van der Waals surface area contributed by atoms with E-state index in [1.165, 1.54) is 69.8 Å². The van der Waals surface area contributed by atoms with Crippen LogP contribution in [-0.4, -0.2) is 30.1 Å². The van der Waals surface area contributed by atoms with Crippen LogP contribution in [0.4, 0.5) is 0 Å². The highest BCUT2D eigenvalue weighted by molar-refractivity contribution is 8.31. The van der Waals surface area contributed by atoms with Crippen molar-refractivity contribution in [3.05, 3.63) is 42.5 Å². The maximum Gasteiger partial charge on any atom is 0.198 e. The summed E-state index contributed by atoms with van der Waals surface area (Å²) in [7, 11) is 10.7. The fourth-order valence-corrected chi connectivity index (χ4v) is 9.39. The number of rotatable bonds is 6. The molecule has 2 saturated carbocycles. The molecule has 0 amide bonds. The number of hydrogen-bond donors (Lipinski definition) is 0. The van der Waals surface area contributed by atoms with Crippen LogP contribution in [0, 0.1) is 0 Å². The highest BCUT2D eigenvalue weighted by Gasteiger charge is 2.34. The maximum atomic E-state index is 9.09. The zero-order valence-electron chi connectivity index (χ0n) is 19.6. The standard InChI is InChI=1S/C26H35O2P.Cl2OS/c1-27-23-17-11-18-24(28-2)26(23)22-16-9-10-19-25(22)29(20-12-5-3-6-13-20)21-14-7-4-8-15-21;1-4(2)3/h9-11,16-21H,3-8,12-15H2,1-2H3;.